The van der Waals surface area contributed by atoms with Gasteiger partial charge in [-0.2, -0.15) is 0 Å². The fourth-order valence-corrected chi connectivity index (χ4v) is 6.79. The van der Waals surface area contributed by atoms with Crippen molar-refractivity contribution in [1.82, 2.24) is 10.6 Å². The molecule has 0 bridgehead atoms. The maximum absolute atomic E-state index is 13.1. The molecule has 0 heterocycles. The molecule has 0 spiro atoms. The number of amides is 2. The molecule has 0 aliphatic carbocycles. The summed E-state index contributed by atoms with van der Waals surface area (Å²) < 4.78 is 11.6. The van der Waals surface area contributed by atoms with E-state index in [2.05, 4.69) is 10.6 Å². The van der Waals surface area contributed by atoms with Crippen LogP contribution in [0.4, 0.5) is 0 Å². The van der Waals surface area contributed by atoms with E-state index in [-0.39, 0.29) is 59.1 Å². The van der Waals surface area contributed by atoms with E-state index in [1.807, 2.05) is 121 Å². The number of aromatic hydroxyl groups is 2. The topological polar surface area (TPSA) is 151 Å². The van der Waals surface area contributed by atoms with E-state index in [0.29, 0.717) is 25.7 Å². The van der Waals surface area contributed by atoms with Crippen molar-refractivity contribution >= 4 is 23.8 Å². The molecule has 0 saturated carbocycles. The number of benzene rings is 2. The number of hydrogen-bond donors (Lipinski definition) is 4. The van der Waals surface area contributed by atoms with Crippen molar-refractivity contribution in [3.63, 3.8) is 0 Å². The van der Waals surface area contributed by atoms with Gasteiger partial charge in [0.2, 0.25) is 0 Å². The number of phenolic OH excluding ortho intramolecular Hbond substituents is 2. The van der Waals surface area contributed by atoms with Crippen LogP contribution in [-0.4, -0.2) is 59.3 Å². The standard InChI is InChI=1S/C48H76N2O8/c1-15-17-19-33(57-39(51)23-21-31-25-35(45(3,4)5)41(53)36(26-31)46(6,7)8)29-49-43(55)44(56)50-30-34(20-18-16-2)58-40(52)24-22-32-27-37(47(9,10)11)42(54)38(28-32)48(12,13)14/h25-28,33-34,53-54H,15-24,29-30H2,1-14H3,(H,49,55)(H,50,56). The molecule has 2 aromatic rings. The van der Waals surface area contributed by atoms with Gasteiger partial charge < -0.3 is 30.3 Å². The summed E-state index contributed by atoms with van der Waals surface area (Å²) in [5.74, 6) is -1.95. The van der Waals surface area contributed by atoms with Crippen LogP contribution in [-0.2, 0) is 63.2 Å². The Morgan fingerprint density at radius 3 is 1.05 bits per heavy atom. The van der Waals surface area contributed by atoms with Crippen LogP contribution in [0.15, 0.2) is 24.3 Å². The molecular formula is C48H76N2O8. The zero-order valence-electron chi connectivity index (χ0n) is 38.3. The molecule has 10 heteroatoms. The van der Waals surface area contributed by atoms with Crippen molar-refractivity contribution in [1.29, 1.82) is 0 Å². The molecule has 0 fully saturated rings. The summed E-state index contributed by atoms with van der Waals surface area (Å²) in [5.41, 5.74) is 4.02. The molecule has 0 saturated heterocycles. The van der Waals surface area contributed by atoms with Crippen LogP contribution in [0.5, 0.6) is 11.5 Å². The van der Waals surface area contributed by atoms with Crippen LogP contribution in [0.1, 0.15) is 182 Å². The smallest absolute Gasteiger partial charge is 0.309 e. The first-order chi connectivity index (χ1) is 26.7. The Hall–Kier alpha value is -4.08. The average Bonchev–Trinajstić information content (AvgIpc) is 3.10. The number of rotatable bonds is 18. The monoisotopic (exact) mass is 809 g/mol. The molecule has 2 amide bonds. The number of aryl methyl sites for hydroxylation is 2. The molecule has 326 valence electrons. The van der Waals surface area contributed by atoms with Crippen LogP contribution in [0.25, 0.3) is 0 Å². The first-order valence-corrected chi connectivity index (χ1v) is 21.4. The quantitative estimate of drug-likeness (QED) is 0.0860. The number of carbonyl (C=O) groups is 4. The Labute approximate surface area is 349 Å². The summed E-state index contributed by atoms with van der Waals surface area (Å²) in [5, 5.41) is 27.4. The number of carbonyl (C=O) groups excluding carboxylic acids is 4. The van der Waals surface area contributed by atoms with Gasteiger partial charge in [0.25, 0.3) is 0 Å². The van der Waals surface area contributed by atoms with Gasteiger partial charge >= 0.3 is 23.8 Å². The lowest BCUT2D eigenvalue weighted by atomic mass is 9.78. The van der Waals surface area contributed by atoms with Crippen LogP contribution in [0.2, 0.25) is 0 Å². The van der Waals surface area contributed by atoms with Gasteiger partial charge in [-0.25, -0.2) is 0 Å². The van der Waals surface area contributed by atoms with Gasteiger partial charge in [0, 0.05) is 12.8 Å². The highest BCUT2D eigenvalue weighted by Gasteiger charge is 2.29. The van der Waals surface area contributed by atoms with Crippen LogP contribution < -0.4 is 10.6 Å². The summed E-state index contributed by atoms with van der Waals surface area (Å²) in [7, 11) is 0. The van der Waals surface area contributed by atoms with Crippen molar-refractivity contribution < 1.29 is 38.9 Å². The largest absolute Gasteiger partial charge is 0.507 e. The lowest BCUT2D eigenvalue weighted by molar-refractivity contribution is -0.151. The zero-order valence-corrected chi connectivity index (χ0v) is 38.3. The van der Waals surface area contributed by atoms with E-state index >= 15 is 0 Å². The number of esters is 2. The molecule has 2 rings (SSSR count). The number of nitrogens with one attached hydrogen (secondary N) is 2. The highest BCUT2D eigenvalue weighted by molar-refractivity contribution is 6.35. The first kappa shape index (κ1) is 50.1. The highest BCUT2D eigenvalue weighted by atomic mass is 16.5. The van der Waals surface area contributed by atoms with Gasteiger partial charge in [0.1, 0.15) is 23.7 Å². The minimum Gasteiger partial charge on any atom is -0.507 e. The van der Waals surface area contributed by atoms with E-state index in [1.165, 1.54) is 0 Å². The van der Waals surface area contributed by atoms with Gasteiger partial charge in [-0.3, -0.25) is 19.2 Å². The minimum absolute atomic E-state index is 0.0150. The summed E-state index contributed by atoms with van der Waals surface area (Å²) in [6.07, 6.45) is 4.22. The van der Waals surface area contributed by atoms with Gasteiger partial charge in [0.05, 0.1) is 13.1 Å². The minimum atomic E-state index is -0.858. The Balaban J connectivity index is 2.01. The number of hydrogen-bond acceptors (Lipinski definition) is 8. The Bertz CT molecular complexity index is 1510. The second-order valence-corrected chi connectivity index (χ2v) is 20.0. The molecule has 2 aromatic carbocycles. The molecule has 0 aromatic heterocycles. The Kier molecular flexibility index (Phi) is 18.3. The molecule has 2 unspecified atom stereocenters. The van der Waals surface area contributed by atoms with Crippen LogP contribution in [0, 0.1) is 0 Å². The number of ether oxygens (including phenoxy) is 2. The SMILES string of the molecule is CCCCC(CNC(=O)C(=O)NCC(CCCC)OC(=O)CCc1cc(C(C)(C)C)c(O)c(C(C)(C)C)c1)OC(=O)CCc1cc(C(C)(C)C)c(O)c(C(C)(C)C)c1. The third kappa shape index (κ3) is 15.9. The number of unbranched alkanes of at least 4 members (excludes halogenated alkanes) is 2. The molecular weight excluding hydrogens is 733 g/mol. The summed E-state index contributed by atoms with van der Waals surface area (Å²) in [6.45, 7) is 28.6. The molecule has 2 atom stereocenters. The van der Waals surface area contributed by atoms with Crippen molar-refractivity contribution in [2.45, 2.75) is 195 Å². The summed E-state index contributed by atoms with van der Waals surface area (Å²) in [4.78, 5) is 51.9. The Morgan fingerprint density at radius 2 is 0.810 bits per heavy atom. The molecule has 0 aliphatic heterocycles. The third-order valence-corrected chi connectivity index (χ3v) is 10.3. The fraction of sp³-hybridized carbons (Fsp3) is 0.667. The van der Waals surface area contributed by atoms with E-state index in [1.54, 1.807) is 0 Å². The fourth-order valence-electron chi connectivity index (χ4n) is 6.79. The molecule has 4 N–H and O–H groups in total. The van der Waals surface area contributed by atoms with Gasteiger partial charge in [-0.05, 0) is 93.6 Å². The second-order valence-electron chi connectivity index (χ2n) is 20.0. The molecule has 0 aliphatic rings. The summed E-state index contributed by atoms with van der Waals surface area (Å²) in [6, 6.07) is 7.84. The number of phenols is 2. The maximum Gasteiger partial charge on any atom is 0.309 e. The first-order valence-electron chi connectivity index (χ1n) is 21.4. The predicted molar refractivity (Wildman–Crippen MR) is 232 cm³/mol. The van der Waals surface area contributed by atoms with E-state index in [4.69, 9.17) is 9.47 Å². The Morgan fingerprint density at radius 1 is 0.534 bits per heavy atom. The van der Waals surface area contributed by atoms with Crippen LogP contribution >= 0.6 is 0 Å². The predicted octanol–water partition coefficient (Wildman–Crippen LogP) is 9.29. The van der Waals surface area contributed by atoms with Crippen molar-refractivity contribution in [3.05, 3.63) is 57.6 Å². The normalized spacial score (nSPS) is 13.4. The third-order valence-electron chi connectivity index (χ3n) is 10.3. The second kappa shape index (κ2) is 21.3. The summed E-state index contributed by atoms with van der Waals surface area (Å²) >= 11 is 0. The van der Waals surface area contributed by atoms with Gasteiger partial charge in [0.15, 0.2) is 0 Å². The van der Waals surface area contributed by atoms with Gasteiger partial charge in [-0.1, -0.05) is 134 Å². The molecule has 58 heavy (non-hydrogen) atoms. The van der Waals surface area contributed by atoms with E-state index < -0.39 is 36.0 Å². The van der Waals surface area contributed by atoms with Crippen molar-refractivity contribution in [2.24, 2.45) is 0 Å². The van der Waals surface area contributed by atoms with Crippen molar-refractivity contribution in [2.75, 3.05) is 13.1 Å². The van der Waals surface area contributed by atoms with E-state index in [9.17, 15) is 29.4 Å². The molecule has 0 radical (unpaired) electrons. The maximum atomic E-state index is 13.1. The molecule has 10 nitrogen and oxygen atoms in total. The van der Waals surface area contributed by atoms with E-state index in [0.717, 1.165) is 59.1 Å². The lowest BCUT2D eigenvalue weighted by Crippen LogP contribution is -2.45. The van der Waals surface area contributed by atoms with Crippen molar-refractivity contribution in [3.8, 4) is 11.5 Å². The van der Waals surface area contributed by atoms with Crippen LogP contribution in [0.3, 0.4) is 0 Å². The zero-order chi connectivity index (χ0) is 44.2. The lowest BCUT2D eigenvalue weighted by Gasteiger charge is -2.28. The highest BCUT2D eigenvalue weighted by Crippen LogP contribution is 2.41. The van der Waals surface area contributed by atoms with Gasteiger partial charge in [-0.15, -0.1) is 0 Å². The average molecular weight is 809 g/mol.